The maximum absolute atomic E-state index is 12.3. The van der Waals surface area contributed by atoms with Gasteiger partial charge in [0.1, 0.15) is 5.60 Å². The van der Waals surface area contributed by atoms with Crippen LogP contribution < -0.4 is 10.9 Å². The van der Waals surface area contributed by atoms with Crippen LogP contribution in [0.2, 0.25) is 0 Å². The molecule has 0 radical (unpaired) electrons. The molecule has 1 aromatic carbocycles. The third-order valence-corrected chi connectivity index (χ3v) is 4.95. The number of ether oxygens (including phenoxy) is 1. The first-order valence-electron chi connectivity index (χ1n) is 9.86. The van der Waals surface area contributed by atoms with E-state index in [1.54, 1.807) is 17.0 Å². The zero-order valence-corrected chi connectivity index (χ0v) is 17.2. The van der Waals surface area contributed by atoms with Gasteiger partial charge in [-0.2, -0.15) is 0 Å². The molecule has 1 aliphatic rings. The molecule has 1 aromatic rings. The number of amides is 3. The van der Waals surface area contributed by atoms with Gasteiger partial charge < -0.3 is 9.64 Å². The lowest BCUT2D eigenvalue weighted by Gasteiger charge is -2.34. The van der Waals surface area contributed by atoms with Crippen LogP contribution in [0.5, 0.6) is 0 Å². The van der Waals surface area contributed by atoms with Gasteiger partial charge in [-0.25, -0.2) is 4.79 Å². The maximum Gasteiger partial charge on any atom is 0.410 e. The molecule has 0 bridgehead atoms. The van der Waals surface area contributed by atoms with Gasteiger partial charge in [0.25, 0.3) is 5.91 Å². The van der Waals surface area contributed by atoms with Crippen molar-refractivity contribution in [2.75, 3.05) is 13.1 Å². The van der Waals surface area contributed by atoms with Crippen LogP contribution in [0.4, 0.5) is 4.79 Å². The van der Waals surface area contributed by atoms with Gasteiger partial charge in [-0.15, -0.1) is 0 Å². The lowest BCUT2D eigenvalue weighted by atomic mass is 9.96. The van der Waals surface area contributed by atoms with E-state index in [0.717, 1.165) is 18.4 Å². The summed E-state index contributed by atoms with van der Waals surface area (Å²) in [5, 5.41) is 0. The first-order valence-corrected chi connectivity index (χ1v) is 9.86. The van der Waals surface area contributed by atoms with E-state index in [4.69, 9.17) is 4.74 Å². The highest BCUT2D eigenvalue weighted by atomic mass is 16.6. The number of hydrazine groups is 1. The quantitative estimate of drug-likeness (QED) is 0.757. The fourth-order valence-electron chi connectivity index (χ4n) is 3.28. The van der Waals surface area contributed by atoms with Crippen LogP contribution in [-0.4, -0.2) is 41.5 Å². The third kappa shape index (κ3) is 6.25. The molecule has 1 saturated heterocycles. The van der Waals surface area contributed by atoms with Crippen molar-refractivity contribution < 1.29 is 19.1 Å². The number of hydrogen-bond donors (Lipinski definition) is 2. The van der Waals surface area contributed by atoms with Crippen LogP contribution in [0.1, 0.15) is 62.4 Å². The number of carbonyl (C=O) groups is 3. The zero-order valence-electron chi connectivity index (χ0n) is 17.2. The van der Waals surface area contributed by atoms with Crippen molar-refractivity contribution in [3.05, 3.63) is 35.4 Å². The Hall–Kier alpha value is -2.57. The SMILES string of the molecule is CCCC(C)(C)OC(=O)N1CCC(C(=O)NNC(=O)c2ccc(C)cc2)CC1. The number of aryl methyl sites for hydroxylation is 1. The molecule has 3 amide bonds. The molecule has 7 nitrogen and oxygen atoms in total. The zero-order chi connectivity index (χ0) is 20.7. The fraction of sp³-hybridized carbons (Fsp3) is 0.571. The van der Waals surface area contributed by atoms with Gasteiger partial charge in [0, 0.05) is 24.6 Å². The molecule has 1 aliphatic heterocycles. The molecule has 2 rings (SSSR count). The molecular formula is C21H31N3O4. The predicted octanol–water partition coefficient (Wildman–Crippen LogP) is 3.18. The Kier molecular flexibility index (Phi) is 7.43. The Morgan fingerprint density at radius 3 is 2.29 bits per heavy atom. The fourth-order valence-corrected chi connectivity index (χ4v) is 3.28. The van der Waals surface area contributed by atoms with Gasteiger partial charge in [0.2, 0.25) is 5.91 Å². The average Bonchev–Trinajstić information content (AvgIpc) is 2.66. The van der Waals surface area contributed by atoms with Crippen molar-refractivity contribution in [3.8, 4) is 0 Å². The number of nitrogens with zero attached hydrogens (tertiary/aromatic N) is 1. The Bertz CT molecular complexity index is 692. The largest absolute Gasteiger partial charge is 0.443 e. The summed E-state index contributed by atoms with van der Waals surface area (Å²) in [6.07, 6.45) is 2.49. The summed E-state index contributed by atoms with van der Waals surface area (Å²) < 4.78 is 5.58. The van der Waals surface area contributed by atoms with Gasteiger partial charge in [0.05, 0.1) is 0 Å². The third-order valence-electron chi connectivity index (χ3n) is 4.95. The smallest absolute Gasteiger partial charge is 0.410 e. The monoisotopic (exact) mass is 389 g/mol. The summed E-state index contributed by atoms with van der Waals surface area (Å²) in [7, 11) is 0. The second-order valence-electron chi connectivity index (χ2n) is 7.95. The minimum atomic E-state index is -0.486. The van der Waals surface area contributed by atoms with Crippen molar-refractivity contribution >= 4 is 17.9 Å². The molecule has 0 spiro atoms. The number of rotatable bonds is 5. The standard InChI is InChI=1S/C21H31N3O4/c1-5-12-21(3,4)28-20(27)24-13-10-17(11-14-24)19(26)23-22-18(25)16-8-6-15(2)7-9-16/h6-9,17H,5,10-14H2,1-4H3,(H,22,25)(H,23,26). The second-order valence-corrected chi connectivity index (χ2v) is 7.95. The van der Waals surface area contributed by atoms with Crippen LogP contribution in [0, 0.1) is 12.8 Å². The summed E-state index contributed by atoms with van der Waals surface area (Å²) >= 11 is 0. The van der Waals surface area contributed by atoms with Gasteiger partial charge in [-0.1, -0.05) is 31.0 Å². The van der Waals surface area contributed by atoms with Crippen molar-refractivity contribution in [2.24, 2.45) is 5.92 Å². The van der Waals surface area contributed by atoms with E-state index in [-0.39, 0.29) is 23.8 Å². The summed E-state index contributed by atoms with van der Waals surface area (Å²) in [4.78, 5) is 38.3. The molecule has 0 saturated carbocycles. The molecule has 0 aliphatic carbocycles. The van der Waals surface area contributed by atoms with E-state index < -0.39 is 5.60 Å². The average molecular weight is 389 g/mol. The van der Waals surface area contributed by atoms with Crippen LogP contribution in [0.25, 0.3) is 0 Å². The Morgan fingerprint density at radius 1 is 1.11 bits per heavy atom. The Balaban J connectivity index is 1.76. The minimum Gasteiger partial charge on any atom is -0.443 e. The molecule has 1 heterocycles. The first-order chi connectivity index (χ1) is 13.2. The normalized spacial score (nSPS) is 15.1. The van der Waals surface area contributed by atoms with E-state index >= 15 is 0 Å². The van der Waals surface area contributed by atoms with Crippen LogP contribution in [0.15, 0.2) is 24.3 Å². The summed E-state index contributed by atoms with van der Waals surface area (Å²) in [6.45, 7) is 8.74. The van der Waals surface area contributed by atoms with Gasteiger partial charge in [0.15, 0.2) is 0 Å². The Labute approximate surface area is 166 Å². The molecule has 28 heavy (non-hydrogen) atoms. The highest BCUT2D eigenvalue weighted by Crippen LogP contribution is 2.22. The number of carbonyl (C=O) groups excluding carboxylic acids is 3. The molecular weight excluding hydrogens is 358 g/mol. The van der Waals surface area contributed by atoms with Crippen molar-refractivity contribution in [1.82, 2.24) is 15.8 Å². The number of hydrogen-bond acceptors (Lipinski definition) is 4. The van der Waals surface area contributed by atoms with Gasteiger partial charge >= 0.3 is 6.09 Å². The van der Waals surface area contributed by atoms with Crippen LogP contribution in [-0.2, 0) is 9.53 Å². The van der Waals surface area contributed by atoms with Crippen LogP contribution >= 0.6 is 0 Å². The summed E-state index contributed by atoms with van der Waals surface area (Å²) in [5.74, 6) is -0.835. The summed E-state index contributed by atoms with van der Waals surface area (Å²) in [5.41, 5.74) is 6.00. The first kappa shape index (κ1) is 21.7. The van der Waals surface area contributed by atoms with E-state index in [9.17, 15) is 14.4 Å². The predicted molar refractivity (Wildman–Crippen MR) is 107 cm³/mol. The van der Waals surface area contributed by atoms with Crippen molar-refractivity contribution in [1.29, 1.82) is 0 Å². The van der Waals surface area contributed by atoms with E-state index in [1.807, 2.05) is 32.9 Å². The van der Waals surface area contributed by atoms with Gasteiger partial charge in [-0.3, -0.25) is 20.4 Å². The molecule has 0 atom stereocenters. The number of nitrogens with one attached hydrogen (secondary N) is 2. The maximum atomic E-state index is 12.3. The summed E-state index contributed by atoms with van der Waals surface area (Å²) in [6, 6.07) is 7.10. The molecule has 2 N–H and O–H groups in total. The number of piperidine rings is 1. The molecule has 0 aromatic heterocycles. The minimum absolute atomic E-state index is 0.236. The highest BCUT2D eigenvalue weighted by Gasteiger charge is 2.31. The van der Waals surface area contributed by atoms with Gasteiger partial charge in [-0.05, 0) is 52.2 Å². The number of benzene rings is 1. The van der Waals surface area contributed by atoms with Crippen molar-refractivity contribution in [3.63, 3.8) is 0 Å². The number of likely N-dealkylation sites (tertiary alicyclic amines) is 1. The topological polar surface area (TPSA) is 87.7 Å². The van der Waals surface area contributed by atoms with E-state index in [1.165, 1.54) is 0 Å². The van der Waals surface area contributed by atoms with E-state index in [2.05, 4.69) is 17.8 Å². The second kappa shape index (κ2) is 9.57. The molecule has 7 heteroatoms. The van der Waals surface area contributed by atoms with Crippen LogP contribution in [0.3, 0.4) is 0 Å². The Morgan fingerprint density at radius 2 is 1.71 bits per heavy atom. The molecule has 1 fully saturated rings. The molecule has 0 unspecified atom stereocenters. The molecule has 154 valence electrons. The van der Waals surface area contributed by atoms with Crippen molar-refractivity contribution in [2.45, 2.75) is 59.0 Å². The highest BCUT2D eigenvalue weighted by molar-refractivity contribution is 5.95. The lowest BCUT2D eigenvalue weighted by molar-refractivity contribution is -0.127. The lowest BCUT2D eigenvalue weighted by Crippen LogP contribution is -2.49. The van der Waals surface area contributed by atoms with E-state index in [0.29, 0.717) is 31.5 Å².